The van der Waals surface area contributed by atoms with Crippen LogP contribution < -0.4 is 10.5 Å². The van der Waals surface area contributed by atoms with Crippen molar-refractivity contribution in [2.45, 2.75) is 0 Å². The van der Waals surface area contributed by atoms with Gasteiger partial charge in [-0.05, 0) is 29.3 Å². The molecule has 6 nitrogen and oxygen atoms in total. The molecule has 6 heteroatoms. The molecule has 128 valence electrons. The first-order valence-electron chi connectivity index (χ1n) is 7.77. The number of nitrogen functional groups attached to an aromatic ring is 1. The van der Waals surface area contributed by atoms with E-state index in [0.717, 1.165) is 5.56 Å². The first kappa shape index (κ1) is 17.0. The number of nitrogens with zero attached hydrogens (tertiary/aromatic N) is 2. The van der Waals surface area contributed by atoms with Gasteiger partial charge < -0.3 is 10.5 Å². The number of nitriles is 1. The smallest absolute Gasteiger partial charge is 0.301 e. The van der Waals surface area contributed by atoms with Gasteiger partial charge in [-0.3, -0.25) is 10.1 Å². The van der Waals surface area contributed by atoms with Crippen LogP contribution in [0, 0.1) is 21.4 Å². The second-order valence-corrected chi connectivity index (χ2v) is 5.57. The third-order valence-electron chi connectivity index (χ3n) is 4.12. The van der Waals surface area contributed by atoms with Crippen molar-refractivity contribution in [2.75, 3.05) is 12.8 Å². The maximum atomic E-state index is 11.6. The molecule has 0 aromatic heterocycles. The van der Waals surface area contributed by atoms with Gasteiger partial charge in [0.1, 0.15) is 17.5 Å². The van der Waals surface area contributed by atoms with E-state index in [1.807, 2.05) is 36.4 Å². The number of ether oxygens (including phenoxy) is 1. The number of benzene rings is 3. The van der Waals surface area contributed by atoms with Gasteiger partial charge in [-0.25, -0.2) is 0 Å². The van der Waals surface area contributed by atoms with Gasteiger partial charge in [0.05, 0.1) is 23.2 Å². The highest BCUT2D eigenvalue weighted by atomic mass is 16.6. The van der Waals surface area contributed by atoms with E-state index >= 15 is 0 Å². The summed E-state index contributed by atoms with van der Waals surface area (Å²) in [6, 6.07) is 19.7. The van der Waals surface area contributed by atoms with Gasteiger partial charge in [-0.15, -0.1) is 0 Å². The summed E-state index contributed by atoms with van der Waals surface area (Å²) in [4.78, 5) is 11.1. The normalized spacial score (nSPS) is 10.2. The highest BCUT2D eigenvalue weighted by Gasteiger charge is 2.26. The summed E-state index contributed by atoms with van der Waals surface area (Å²) < 4.78 is 5.13. The van der Waals surface area contributed by atoms with Gasteiger partial charge in [-0.1, -0.05) is 42.5 Å². The van der Waals surface area contributed by atoms with Crippen LogP contribution in [-0.4, -0.2) is 12.0 Å². The lowest BCUT2D eigenvalue weighted by atomic mass is 9.92. The average Bonchev–Trinajstić information content (AvgIpc) is 2.67. The number of nitrogens with two attached hydrogens (primary N) is 1. The van der Waals surface area contributed by atoms with Crippen molar-refractivity contribution in [1.82, 2.24) is 0 Å². The number of methoxy groups -OCH3 is 1. The van der Waals surface area contributed by atoms with E-state index in [-0.39, 0.29) is 16.9 Å². The van der Waals surface area contributed by atoms with Crippen LogP contribution in [0.3, 0.4) is 0 Å². The van der Waals surface area contributed by atoms with E-state index in [4.69, 9.17) is 10.5 Å². The molecule has 0 bridgehead atoms. The molecule has 26 heavy (non-hydrogen) atoms. The molecular weight excluding hydrogens is 330 g/mol. The number of hydrogen-bond acceptors (Lipinski definition) is 5. The van der Waals surface area contributed by atoms with Gasteiger partial charge in [-0.2, -0.15) is 5.26 Å². The molecule has 0 radical (unpaired) electrons. The number of nitro benzene ring substituents is 1. The van der Waals surface area contributed by atoms with Crippen LogP contribution in [0.1, 0.15) is 5.56 Å². The van der Waals surface area contributed by atoms with E-state index in [1.165, 1.54) is 0 Å². The molecule has 0 aliphatic rings. The SMILES string of the molecule is COc1ccc(-c2cc(-c3ccccc3)c(C#N)c(N)c2[N+](=O)[O-])cc1. The highest BCUT2D eigenvalue weighted by molar-refractivity contribution is 5.92. The second-order valence-electron chi connectivity index (χ2n) is 5.57. The van der Waals surface area contributed by atoms with Crippen molar-refractivity contribution >= 4 is 11.4 Å². The van der Waals surface area contributed by atoms with E-state index in [2.05, 4.69) is 0 Å². The molecule has 0 amide bonds. The summed E-state index contributed by atoms with van der Waals surface area (Å²) in [6.07, 6.45) is 0. The molecule has 0 aliphatic heterocycles. The van der Waals surface area contributed by atoms with Gasteiger partial charge in [0, 0.05) is 5.56 Å². The van der Waals surface area contributed by atoms with Gasteiger partial charge in [0.15, 0.2) is 0 Å². The quantitative estimate of drug-likeness (QED) is 0.429. The van der Waals surface area contributed by atoms with Crippen LogP contribution in [0.2, 0.25) is 0 Å². The Morgan fingerprint density at radius 2 is 1.65 bits per heavy atom. The van der Waals surface area contributed by atoms with Crippen LogP contribution in [0.25, 0.3) is 22.3 Å². The first-order valence-corrected chi connectivity index (χ1v) is 7.77. The summed E-state index contributed by atoms with van der Waals surface area (Å²) >= 11 is 0. The Hall–Kier alpha value is -3.85. The van der Waals surface area contributed by atoms with E-state index in [9.17, 15) is 15.4 Å². The lowest BCUT2D eigenvalue weighted by molar-refractivity contribution is -0.383. The average molecular weight is 345 g/mol. The maximum Gasteiger partial charge on any atom is 0.301 e. The molecule has 0 aliphatic carbocycles. The molecule has 3 rings (SSSR count). The van der Waals surface area contributed by atoms with Crippen LogP contribution in [0.5, 0.6) is 5.75 Å². The van der Waals surface area contributed by atoms with Crippen molar-refractivity contribution in [3.8, 4) is 34.1 Å². The molecular formula is C20H15N3O3. The number of anilines is 1. The minimum atomic E-state index is -0.551. The fraction of sp³-hybridized carbons (Fsp3) is 0.0500. The molecule has 2 N–H and O–H groups in total. The van der Waals surface area contributed by atoms with E-state index in [0.29, 0.717) is 22.4 Å². The van der Waals surface area contributed by atoms with Crippen molar-refractivity contribution in [1.29, 1.82) is 5.26 Å². The van der Waals surface area contributed by atoms with Gasteiger partial charge in [0.25, 0.3) is 0 Å². The van der Waals surface area contributed by atoms with Gasteiger partial charge in [0.2, 0.25) is 0 Å². The number of nitro groups is 1. The maximum absolute atomic E-state index is 11.6. The second kappa shape index (κ2) is 6.95. The Bertz CT molecular complexity index is 1010. The molecule has 0 heterocycles. The summed E-state index contributed by atoms with van der Waals surface area (Å²) in [5.41, 5.74) is 8.02. The highest BCUT2D eigenvalue weighted by Crippen LogP contribution is 2.42. The minimum Gasteiger partial charge on any atom is -0.497 e. The first-order chi connectivity index (χ1) is 12.6. The standard InChI is InChI=1S/C20H15N3O3/c1-26-15-9-7-14(8-10-15)17-11-16(13-5-3-2-4-6-13)18(12-21)19(22)20(17)23(24)25/h2-11H,22H2,1H3. The Morgan fingerprint density at radius 3 is 2.19 bits per heavy atom. The zero-order chi connectivity index (χ0) is 18.7. The van der Waals surface area contributed by atoms with Crippen molar-refractivity contribution in [3.63, 3.8) is 0 Å². The third kappa shape index (κ3) is 2.94. The molecule has 0 spiro atoms. The fourth-order valence-electron chi connectivity index (χ4n) is 2.85. The zero-order valence-corrected chi connectivity index (χ0v) is 14.0. The monoisotopic (exact) mass is 345 g/mol. The van der Waals surface area contributed by atoms with E-state index < -0.39 is 4.92 Å². The van der Waals surface area contributed by atoms with Crippen molar-refractivity contribution < 1.29 is 9.66 Å². The van der Waals surface area contributed by atoms with E-state index in [1.54, 1.807) is 37.4 Å². The molecule has 0 saturated carbocycles. The lowest BCUT2D eigenvalue weighted by Crippen LogP contribution is -2.03. The molecule has 3 aromatic rings. The van der Waals surface area contributed by atoms with Crippen LogP contribution in [0.15, 0.2) is 60.7 Å². The summed E-state index contributed by atoms with van der Waals surface area (Å²) in [7, 11) is 1.55. The molecule has 0 saturated heterocycles. The topological polar surface area (TPSA) is 102 Å². The van der Waals surface area contributed by atoms with Gasteiger partial charge >= 0.3 is 5.69 Å². The largest absolute Gasteiger partial charge is 0.497 e. The van der Waals surface area contributed by atoms with Crippen LogP contribution in [-0.2, 0) is 0 Å². The third-order valence-corrected chi connectivity index (χ3v) is 4.12. The predicted molar refractivity (Wildman–Crippen MR) is 99.6 cm³/mol. The molecule has 0 fully saturated rings. The zero-order valence-electron chi connectivity index (χ0n) is 14.0. The van der Waals surface area contributed by atoms with Crippen LogP contribution >= 0.6 is 0 Å². The lowest BCUT2D eigenvalue weighted by Gasteiger charge is -2.13. The molecule has 0 unspecified atom stereocenters. The minimum absolute atomic E-state index is 0.0974. The fourth-order valence-corrected chi connectivity index (χ4v) is 2.85. The molecule has 3 aromatic carbocycles. The number of hydrogen-bond donors (Lipinski definition) is 1. The molecule has 0 atom stereocenters. The summed E-state index contributed by atoms with van der Waals surface area (Å²) in [6.45, 7) is 0. The van der Waals surface area contributed by atoms with Crippen molar-refractivity contribution in [2.24, 2.45) is 0 Å². The Labute approximate surface area is 150 Å². The Kier molecular flexibility index (Phi) is 4.54. The Morgan fingerprint density at radius 1 is 1.04 bits per heavy atom. The predicted octanol–water partition coefficient (Wildman–Crippen LogP) is 4.39. The van der Waals surface area contributed by atoms with Crippen molar-refractivity contribution in [3.05, 3.63) is 76.3 Å². The van der Waals surface area contributed by atoms with Crippen LogP contribution in [0.4, 0.5) is 11.4 Å². The summed E-state index contributed by atoms with van der Waals surface area (Å²) in [5, 5.41) is 21.2. The number of rotatable bonds is 4. The Balaban J connectivity index is 2.33. The summed E-state index contributed by atoms with van der Waals surface area (Å²) in [5.74, 6) is 0.640.